The third-order valence-corrected chi connectivity index (χ3v) is 5.18. The third kappa shape index (κ3) is 3.88. The molecule has 1 aromatic carbocycles. The Hall–Kier alpha value is -1.38. The molecule has 0 spiro atoms. The molecule has 1 heterocycles. The van der Waals surface area contributed by atoms with E-state index in [9.17, 15) is 13.2 Å². The summed E-state index contributed by atoms with van der Waals surface area (Å²) in [4.78, 5) is 11.9. The van der Waals surface area contributed by atoms with Gasteiger partial charge in [0.2, 0.25) is 0 Å². The second kappa shape index (κ2) is 6.80. The first-order valence-corrected chi connectivity index (χ1v) is 8.99. The molecule has 0 bridgehead atoms. The highest BCUT2D eigenvalue weighted by atomic mass is 79.9. The monoisotopic (exact) mass is 388 g/mol. The van der Waals surface area contributed by atoms with Gasteiger partial charge in [-0.3, -0.25) is 4.31 Å². The number of hydrogen-bond acceptors (Lipinski definition) is 4. The van der Waals surface area contributed by atoms with E-state index in [1.54, 1.807) is 13.8 Å². The number of halogens is 1. The zero-order chi connectivity index (χ0) is 16.3. The molecule has 1 aromatic rings. The van der Waals surface area contributed by atoms with Crippen molar-refractivity contribution in [3.8, 4) is 0 Å². The summed E-state index contributed by atoms with van der Waals surface area (Å²) >= 11 is 3.33. The number of hydrogen-bond donors (Lipinski definition) is 1. The van der Waals surface area contributed by atoms with Crippen LogP contribution in [0.5, 0.6) is 0 Å². The predicted molar refractivity (Wildman–Crippen MR) is 85.9 cm³/mol. The fourth-order valence-electron chi connectivity index (χ4n) is 2.04. The Morgan fingerprint density at radius 3 is 2.59 bits per heavy atom. The lowest BCUT2D eigenvalue weighted by atomic mass is 10.1. The zero-order valence-corrected chi connectivity index (χ0v) is 14.6. The van der Waals surface area contributed by atoms with Crippen LogP contribution in [0.3, 0.4) is 0 Å². The van der Waals surface area contributed by atoms with Crippen molar-refractivity contribution < 1.29 is 17.9 Å². The van der Waals surface area contributed by atoms with Crippen molar-refractivity contribution in [2.24, 2.45) is 0 Å². The lowest BCUT2D eigenvalue weighted by Gasteiger charge is -2.30. The number of carbonyl (C=O) groups is 1. The highest BCUT2D eigenvalue weighted by Crippen LogP contribution is 2.20. The molecule has 1 N–H and O–H groups in total. The molecule has 1 unspecified atom stereocenters. The second-order valence-corrected chi connectivity index (χ2v) is 7.39. The fraction of sp³-hybridized carbons (Fsp3) is 0.357. The normalized spacial score (nSPS) is 20.4. The number of nitrogens with zero attached hydrogens (tertiary/aromatic N) is 1. The second-order valence-electron chi connectivity index (χ2n) is 4.82. The van der Waals surface area contributed by atoms with Gasteiger partial charge in [-0.2, -0.15) is 13.1 Å². The predicted octanol–water partition coefficient (Wildman–Crippen LogP) is 1.93. The Balaban J connectivity index is 2.29. The molecular weight excluding hydrogens is 372 g/mol. The van der Waals surface area contributed by atoms with E-state index < -0.39 is 22.2 Å². The summed E-state index contributed by atoms with van der Waals surface area (Å²) < 4.78 is 33.8. The molecule has 120 valence electrons. The van der Waals surface area contributed by atoms with Gasteiger partial charge in [0.15, 0.2) is 0 Å². The average molecular weight is 389 g/mol. The first-order valence-electron chi connectivity index (χ1n) is 6.76. The maximum absolute atomic E-state index is 12.2. The smallest absolute Gasteiger partial charge is 0.337 e. The first-order chi connectivity index (χ1) is 10.3. The molecule has 1 aliphatic rings. The summed E-state index contributed by atoms with van der Waals surface area (Å²) in [5, 5.41) is 0. The van der Waals surface area contributed by atoms with E-state index in [1.807, 2.05) is 24.3 Å². The molecule has 22 heavy (non-hydrogen) atoms. The van der Waals surface area contributed by atoms with Gasteiger partial charge in [0, 0.05) is 10.7 Å². The van der Waals surface area contributed by atoms with Crippen molar-refractivity contribution >= 4 is 32.1 Å². The van der Waals surface area contributed by atoms with E-state index in [0.717, 1.165) is 14.3 Å². The van der Waals surface area contributed by atoms with Crippen LogP contribution in [0, 0.1) is 0 Å². The minimum atomic E-state index is -3.67. The number of carbonyl (C=O) groups excluding carboxylic acids is 1. The van der Waals surface area contributed by atoms with Crippen molar-refractivity contribution in [2.75, 3.05) is 6.61 Å². The summed E-state index contributed by atoms with van der Waals surface area (Å²) in [6.07, 6.45) is 1.34. The van der Waals surface area contributed by atoms with Crippen LogP contribution in [0.1, 0.15) is 19.4 Å². The van der Waals surface area contributed by atoms with E-state index in [1.165, 1.54) is 6.20 Å². The maximum Gasteiger partial charge on any atom is 0.337 e. The van der Waals surface area contributed by atoms with Crippen molar-refractivity contribution in [3.63, 3.8) is 0 Å². The van der Waals surface area contributed by atoms with Crippen LogP contribution in [0.15, 0.2) is 40.5 Å². The van der Waals surface area contributed by atoms with Gasteiger partial charge in [-0.1, -0.05) is 28.1 Å². The zero-order valence-electron chi connectivity index (χ0n) is 12.2. The standard InChI is InChI=1S/C14H17BrN2O4S/c1-3-21-14(18)13-9-17(22(19,20)16-10(13)2)8-11-4-6-12(15)7-5-11/h4-7,9-10,16H,3,8H2,1-2H3. The molecule has 0 radical (unpaired) electrons. The van der Waals surface area contributed by atoms with Crippen molar-refractivity contribution in [1.82, 2.24) is 9.03 Å². The van der Waals surface area contributed by atoms with E-state index >= 15 is 0 Å². The van der Waals surface area contributed by atoms with Crippen molar-refractivity contribution in [1.29, 1.82) is 0 Å². The minimum absolute atomic E-state index is 0.137. The molecule has 0 amide bonds. The van der Waals surface area contributed by atoms with Gasteiger partial charge in [0.25, 0.3) is 0 Å². The maximum atomic E-state index is 12.2. The molecule has 0 fully saturated rings. The van der Waals surface area contributed by atoms with Crippen LogP contribution >= 0.6 is 15.9 Å². The van der Waals surface area contributed by atoms with E-state index in [0.29, 0.717) is 0 Å². The fourth-order valence-corrected chi connectivity index (χ4v) is 3.58. The molecule has 1 atom stereocenters. The number of ether oxygens (including phenoxy) is 1. The summed E-state index contributed by atoms with van der Waals surface area (Å²) in [6.45, 7) is 3.69. The quantitative estimate of drug-likeness (QED) is 0.799. The molecule has 0 saturated carbocycles. The molecule has 8 heteroatoms. The molecule has 0 saturated heterocycles. The Morgan fingerprint density at radius 2 is 2.00 bits per heavy atom. The summed E-state index contributed by atoms with van der Waals surface area (Å²) in [5.41, 5.74) is 1.09. The molecule has 6 nitrogen and oxygen atoms in total. The van der Waals surface area contributed by atoms with Gasteiger partial charge in [-0.15, -0.1) is 0 Å². The topological polar surface area (TPSA) is 75.7 Å². The lowest BCUT2D eigenvalue weighted by molar-refractivity contribution is -0.138. The van der Waals surface area contributed by atoms with Gasteiger partial charge >= 0.3 is 16.2 Å². The average Bonchev–Trinajstić information content (AvgIpc) is 2.43. The van der Waals surface area contributed by atoms with Gasteiger partial charge in [-0.25, -0.2) is 4.79 Å². The highest BCUT2D eigenvalue weighted by Gasteiger charge is 2.32. The van der Waals surface area contributed by atoms with E-state index in [2.05, 4.69) is 20.7 Å². The van der Waals surface area contributed by atoms with Gasteiger partial charge in [-0.05, 0) is 31.5 Å². The van der Waals surface area contributed by atoms with Crippen LogP contribution in [0.4, 0.5) is 0 Å². The molecule has 1 aliphatic heterocycles. The molecule has 0 aromatic heterocycles. The van der Waals surface area contributed by atoms with Crippen LogP contribution in [-0.4, -0.2) is 31.3 Å². The number of esters is 1. The van der Waals surface area contributed by atoms with Gasteiger partial charge < -0.3 is 4.74 Å². The Labute approximate surface area is 138 Å². The van der Waals surface area contributed by atoms with Crippen molar-refractivity contribution in [2.45, 2.75) is 26.4 Å². The molecular formula is C14H17BrN2O4S. The van der Waals surface area contributed by atoms with Gasteiger partial charge in [0.1, 0.15) is 0 Å². The van der Waals surface area contributed by atoms with Crippen LogP contribution < -0.4 is 4.72 Å². The Morgan fingerprint density at radius 1 is 1.36 bits per heavy atom. The number of nitrogens with one attached hydrogen (secondary N) is 1. The van der Waals surface area contributed by atoms with Crippen LogP contribution in [0.2, 0.25) is 0 Å². The highest BCUT2D eigenvalue weighted by molar-refractivity contribution is 9.10. The lowest BCUT2D eigenvalue weighted by Crippen LogP contribution is -2.48. The summed E-state index contributed by atoms with van der Waals surface area (Å²) in [7, 11) is -3.67. The Kier molecular flexibility index (Phi) is 5.25. The summed E-state index contributed by atoms with van der Waals surface area (Å²) in [6, 6.07) is 6.67. The molecule has 0 aliphatic carbocycles. The third-order valence-electron chi connectivity index (χ3n) is 3.15. The van der Waals surface area contributed by atoms with Crippen LogP contribution in [0.25, 0.3) is 0 Å². The number of benzene rings is 1. The molecule has 2 rings (SSSR count). The summed E-state index contributed by atoms with van der Waals surface area (Å²) in [5.74, 6) is -0.516. The van der Waals surface area contributed by atoms with E-state index in [4.69, 9.17) is 4.74 Å². The number of rotatable bonds is 4. The minimum Gasteiger partial charge on any atom is -0.463 e. The Bertz CT molecular complexity index is 685. The van der Waals surface area contributed by atoms with Crippen molar-refractivity contribution in [3.05, 3.63) is 46.1 Å². The van der Waals surface area contributed by atoms with Crippen LogP contribution in [-0.2, 0) is 26.3 Å². The largest absolute Gasteiger partial charge is 0.463 e. The first kappa shape index (κ1) is 17.0. The van der Waals surface area contributed by atoms with E-state index in [-0.39, 0.29) is 18.7 Å². The SMILES string of the molecule is CCOC(=O)C1=CN(Cc2ccc(Br)cc2)S(=O)(=O)NC1C. The van der Waals surface area contributed by atoms with Gasteiger partial charge in [0.05, 0.1) is 24.8 Å².